The van der Waals surface area contributed by atoms with E-state index in [0.29, 0.717) is 6.54 Å². The fourth-order valence-electron chi connectivity index (χ4n) is 0. The third-order valence-corrected chi connectivity index (χ3v) is 0.454. The largest absolute Gasteiger partial charge is 0.358 e. The van der Waals surface area contributed by atoms with Gasteiger partial charge in [0.25, 0.3) is 0 Å². The Hall–Kier alpha value is 0.648. The fraction of sp³-hybridized carbons (Fsp3) is 0.444. The van der Waals surface area contributed by atoms with Gasteiger partial charge in [0.15, 0.2) is 0 Å². The van der Waals surface area contributed by atoms with E-state index in [4.69, 9.17) is 5.73 Å². The zero-order chi connectivity index (χ0) is 6.83. The predicted octanol–water partition coefficient (Wildman–Crippen LogP) is 1.74. The maximum atomic E-state index is 4.97. The van der Waals surface area contributed by atoms with E-state index in [1.165, 1.54) is 0 Å². The molecule has 0 heterocycles. The van der Waals surface area contributed by atoms with Crippen LogP contribution in [0.4, 0.5) is 0 Å². The Labute approximate surface area is 105 Å². The molecule has 0 aromatic carbocycles. The van der Waals surface area contributed by atoms with Gasteiger partial charge in [-0.3, -0.25) is 0 Å². The van der Waals surface area contributed by atoms with Crippen molar-refractivity contribution in [1.82, 2.24) is 0 Å². The maximum Gasteiger partial charge on any atom is 0.0587 e. The van der Waals surface area contributed by atoms with Crippen LogP contribution in [0.5, 0.6) is 0 Å². The standard InChI is InChI=1S/C4H8.C3H8N.2CH3.2B.Pt/c1-3-4-2;1-2-3-4;;;;;/h2*1-4H2;2*1H3;;;/q;3*-1;;;. The Kier molecular flexibility index (Phi) is 302. The molecule has 13 heavy (non-hydrogen) atoms. The zero-order valence-electron chi connectivity index (χ0n) is 9.00. The van der Waals surface area contributed by atoms with Crippen LogP contribution in [0.15, 0.2) is 0 Å². The quantitative estimate of drug-likeness (QED) is 0.589. The zero-order valence-corrected chi connectivity index (χ0v) is 11.3. The molecule has 6 radical (unpaired) electrons. The van der Waals surface area contributed by atoms with Gasteiger partial charge in [-0.05, 0) is 6.54 Å². The van der Waals surface area contributed by atoms with Crippen LogP contribution >= 0.6 is 0 Å². The summed E-state index contributed by atoms with van der Waals surface area (Å²) in [7, 11) is 0. The van der Waals surface area contributed by atoms with Crippen LogP contribution in [0.3, 0.4) is 0 Å². The van der Waals surface area contributed by atoms with E-state index in [-0.39, 0.29) is 52.7 Å². The minimum absolute atomic E-state index is 0. The summed E-state index contributed by atoms with van der Waals surface area (Å²) >= 11 is 0. The van der Waals surface area contributed by atoms with Crippen LogP contribution in [0.25, 0.3) is 0 Å². The summed E-state index contributed by atoms with van der Waals surface area (Å²) in [6.45, 7) is 11.3. The molecular weight excluding hydrogens is 339 g/mol. The van der Waals surface area contributed by atoms with E-state index in [9.17, 15) is 0 Å². The van der Waals surface area contributed by atoms with Gasteiger partial charge in [-0.1, -0.05) is 0 Å². The molecule has 0 rings (SSSR count). The molecule has 0 aliphatic heterocycles. The summed E-state index contributed by atoms with van der Waals surface area (Å²) < 4.78 is 0. The second-order valence-corrected chi connectivity index (χ2v) is 1.35. The van der Waals surface area contributed by atoms with E-state index in [1.54, 1.807) is 0 Å². The molecule has 0 aliphatic rings. The van der Waals surface area contributed by atoms with E-state index < -0.39 is 0 Å². The van der Waals surface area contributed by atoms with Gasteiger partial charge in [0.05, 0.1) is 13.3 Å². The monoisotopic (exact) mass is 361 g/mol. The number of rotatable bonds is 2. The molecule has 1 nitrogen and oxygen atoms in total. The van der Waals surface area contributed by atoms with Crippen LogP contribution in [-0.4, -0.2) is 23.4 Å². The van der Waals surface area contributed by atoms with E-state index in [0.717, 1.165) is 19.3 Å². The van der Waals surface area contributed by atoms with Gasteiger partial charge in [0, 0.05) is 37.9 Å². The van der Waals surface area contributed by atoms with Crippen molar-refractivity contribution in [3.8, 4) is 0 Å². The summed E-state index contributed by atoms with van der Waals surface area (Å²) in [4.78, 5) is 0. The molecule has 0 aliphatic carbocycles. The van der Waals surface area contributed by atoms with Crippen molar-refractivity contribution in [1.29, 1.82) is 0 Å². The van der Waals surface area contributed by atoms with Crippen molar-refractivity contribution >= 4 is 16.8 Å². The Morgan fingerprint density at radius 2 is 1.15 bits per heavy atom. The second kappa shape index (κ2) is 79.4. The molecule has 82 valence electrons. The molecule has 2 N–H and O–H groups in total. The molecule has 0 fully saturated rings. The third kappa shape index (κ3) is 204. The van der Waals surface area contributed by atoms with Crippen LogP contribution in [0.2, 0.25) is 0 Å². The second-order valence-electron chi connectivity index (χ2n) is 1.35. The normalized spacial score (nSPS) is 4.54. The van der Waals surface area contributed by atoms with Gasteiger partial charge in [-0.2, -0.15) is 6.42 Å². The molecule has 0 amide bonds. The summed E-state index contributed by atoms with van der Waals surface area (Å²) in [5.74, 6) is 0. The average molecular weight is 361 g/mol. The first-order valence-electron chi connectivity index (χ1n) is 2.91. The Morgan fingerprint density at radius 1 is 1.00 bits per heavy atom. The fourth-order valence-corrected chi connectivity index (χ4v) is 0. The molecule has 4 heteroatoms. The number of nitrogens with two attached hydrogens (primary N) is 1. The van der Waals surface area contributed by atoms with Gasteiger partial charge < -0.3 is 34.4 Å². The van der Waals surface area contributed by atoms with Crippen molar-refractivity contribution in [2.45, 2.75) is 19.3 Å². The van der Waals surface area contributed by atoms with Crippen molar-refractivity contribution in [3.05, 3.63) is 35.6 Å². The van der Waals surface area contributed by atoms with E-state index in [1.807, 2.05) is 0 Å². The first kappa shape index (κ1) is 49.4. The topological polar surface area (TPSA) is 26.0 Å². The molecular formula is C9H22B2NPt-3. The average Bonchev–Trinajstić information content (AvgIpc) is 1.88. The Balaban J connectivity index is -0.00000000800. The van der Waals surface area contributed by atoms with Gasteiger partial charge in [-0.15, -0.1) is 6.42 Å². The number of hydrogen-bond donors (Lipinski definition) is 1. The first-order chi connectivity index (χ1) is 3.83. The molecule has 0 spiro atoms. The van der Waals surface area contributed by atoms with Gasteiger partial charge in [-0.25, -0.2) is 0 Å². The smallest absolute Gasteiger partial charge is 0.0587 e. The molecule has 0 saturated carbocycles. The SMILES string of the molecule is [B].[B].[CH2+]CC[CH2-].[CH2-]CCN.[CH3-].[CH3-].[Pt]. The van der Waals surface area contributed by atoms with Crippen molar-refractivity contribution in [2.24, 2.45) is 5.73 Å². The van der Waals surface area contributed by atoms with Crippen LogP contribution in [0.1, 0.15) is 19.3 Å². The van der Waals surface area contributed by atoms with E-state index in [2.05, 4.69) is 20.8 Å². The minimum Gasteiger partial charge on any atom is -0.358 e. The molecule has 0 aromatic heterocycles. The minimum atomic E-state index is 0. The molecule has 0 saturated heterocycles. The maximum absolute atomic E-state index is 4.97. The molecule has 0 bridgehead atoms. The van der Waals surface area contributed by atoms with Gasteiger partial charge in [0.2, 0.25) is 0 Å². The Morgan fingerprint density at radius 3 is 1.15 bits per heavy atom. The summed E-state index contributed by atoms with van der Waals surface area (Å²) in [6.07, 6.45) is 2.76. The van der Waals surface area contributed by atoms with Crippen LogP contribution in [0, 0.1) is 35.6 Å². The molecule has 0 atom stereocenters. The summed E-state index contributed by atoms with van der Waals surface area (Å²) in [6, 6.07) is 0. The Bertz CT molecular complexity index is 25.6. The van der Waals surface area contributed by atoms with Crippen molar-refractivity contribution in [2.75, 3.05) is 6.54 Å². The third-order valence-electron chi connectivity index (χ3n) is 0.454. The summed E-state index contributed by atoms with van der Waals surface area (Å²) in [5, 5.41) is 0. The van der Waals surface area contributed by atoms with E-state index >= 15 is 0 Å². The number of unbranched alkanes of at least 4 members (excludes halogenated alkanes) is 1. The van der Waals surface area contributed by atoms with Gasteiger partial charge in [0.1, 0.15) is 0 Å². The van der Waals surface area contributed by atoms with Gasteiger partial charge >= 0.3 is 0 Å². The number of hydrogen-bond acceptors (Lipinski definition) is 1. The molecule has 0 aromatic rings. The van der Waals surface area contributed by atoms with Crippen LogP contribution < -0.4 is 5.73 Å². The predicted molar refractivity (Wildman–Crippen MR) is 63.3 cm³/mol. The van der Waals surface area contributed by atoms with Crippen molar-refractivity contribution < 1.29 is 21.1 Å². The molecule has 0 unspecified atom stereocenters. The van der Waals surface area contributed by atoms with Crippen LogP contribution in [-0.2, 0) is 21.1 Å². The van der Waals surface area contributed by atoms with Crippen molar-refractivity contribution in [3.63, 3.8) is 0 Å². The summed E-state index contributed by atoms with van der Waals surface area (Å²) in [5.41, 5.74) is 4.97. The first-order valence-corrected chi connectivity index (χ1v) is 2.91.